The molecular weight excluding hydrogens is 388 g/mol. The van der Waals surface area contributed by atoms with Gasteiger partial charge in [0.25, 0.3) is 0 Å². The zero-order valence-electron chi connectivity index (χ0n) is 15.0. The molecule has 0 aliphatic carbocycles. The summed E-state index contributed by atoms with van der Waals surface area (Å²) >= 11 is 6.02. The molecular formula is C19H19ClN2O4S. The van der Waals surface area contributed by atoms with Gasteiger partial charge < -0.3 is 10.2 Å². The van der Waals surface area contributed by atoms with Gasteiger partial charge in [-0.2, -0.15) is 0 Å². The molecule has 0 spiro atoms. The fraction of sp³-hybridized carbons (Fsp3) is 0.263. The molecule has 6 nitrogen and oxygen atoms in total. The topological polar surface area (TPSA) is 83.5 Å². The Bertz CT molecular complexity index is 1030. The number of carbonyl (C=O) groups excluding carboxylic acids is 2. The number of halogens is 1. The Morgan fingerprint density at radius 3 is 2.74 bits per heavy atom. The summed E-state index contributed by atoms with van der Waals surface area (Å²) in [6.45, 7) is 1.78. The summed E-state index contributed by atoms with van der Waals surface area (Å²) in [5.74, 6) is -0.795. The predicted molar refractivity (Wildman–Crippen MR) is 105 cm³/mol. The SMILES string of the molecule is Cc1c(Cl)cccc1NC(=O)CCS(=O)(=O)c1ccc2c(c1)CC(=O)N2C. The number of anilines is 2. The normalized spacial score (nSPS) is 13.6. The van der Waals surface area contributed by atoms with Gasteiger partial charge in [0.15, 0.2) is 9.84 Å². The second-order valence-corrected chi connectivity index (χ2v) is 8.97. The maximum atomic E-state index is 12.6. The van der Waals surface area contributed by atoms with Crippen molar-refractivity contribution in [1.82, 2.24) is 0 Å². The number of hydrogen-bond donors (Lipinski definition) is 1. The molecule has 1 N–H and O–H groups in total. The summed E-state index contributed by atoms with van der Waals surface area (Å²) in [5, 5.41) is 3.22. The third kappa shape index (κ3) is 3.99. The minimum atomic E-state index is -3.64. The van der Waals surface area contributed by atoms with Gasteiger partial charge in [0.2, 0.25) is 11.8 Å². The largest absolute Gasteiger partial charge is 0.326 e. The standard InChI is InChI=1S/C19H19ClN2O4S/c1-12-15(20)4-3-5-16(12)21-18(23)8-9-27(25,26)14-6-7-17-13(10-14)11-19(24)22(17)2/h3-7,10H,8-9,11H2,1-2H3,(H,21,23). The fourth-order valence-corrected chi connectivity index (χ4v) is 4.40. The van der Waals surface area contributed by atoms with Crippen molar-refractivity contribution in [1.29, 1.82) is 0 Å². The average Bonchev–Trinajstić information content (AvgIpc) is 2.91. The molecule has 27 heavy (non-hydrogen) atoms. The highest BCUT2D eigenvalue weighted by Gasteiger charge is 2.26. The van der Waals surface area contributed by atoms with E-state index in [0.717, 1.165) is 5.56 Å². The van der Waals surface area contributed by atoms with Crippen LogP contribution in [0.4, 0.5) is 11.4 Å². The van der Waals surface area contributed by atoms with Crippen LogP contribution in [0.5, 0.6) is 0 Å². The number of nitrogens with one attached hydrogen (secondary N) is 1. The van der Waals surface area contributed by atoms with Crippen LogP contribution in [0.1, 0.15) is 17.5 Å². The van der Waals surface area contributed by atoms with Gasteiger partial charge in [0, 0.05) is 29.9 Å². The predicted octanol–water partition coefficient (Wildman–Crippen LogP) is 2.97. The zero-order valence-corrected chi connectivity index (χ0v) is 16.5. The molecule has 0 saturated carbocycles. The Labute approximate surface area is 163 Å². The molecule has 0 atom stereocenters. The van der Waals surface area contributed by atoms with Crippen LogP contribution < -0.4 is 10.2 Å². The fourth-order valence-electron chi connectivity index (χ4n) is 2.94. The number of fused-ring (bicyclic) bond motifs is 1. The Morgan fingerprint density at radius 1 is 1.26 bits per heavy atom. The lowest BCUT2D eigenvalue weighted by atomic mass is 10.2. The van der Waals surface area contributed by atoms with Crippen molar-refractivity contribution in [2.75, 3.05) is 23.0 Å². The second-order valence-electron chi connectivity index (χ2n) is 6.45. The summed E-state index contributed by atoms with van der Waals surface area (Å²) in [7, 11) is -1.98. The molecule has 0 fully saturated rings. The highest BCUT2D eigenvalue weighted by molar-refractivity contribution is 7.91. The van der Waals surface area contributed by atoms with E-state index in [1.165, 1.54) is 17.0 Å². The van der Waals surface area contributed by atoms with E-state index in [-0.39, 0.29) is 29.4 Å². The Morgan fingerprint density at radius 2 is 2.00 bits per heavy atom. The maximum Gasteiger partial charge on any atom is 0.231 e. The van der Waals surface area contributed by atoms with Gasteiger partial charge >= 0.3 is 0 Å². The molecule has 0 aromatic heterocycles. The Balaban J connectivity index is 1.69. The second kappa shape index (κ2) is 7.32. The highest BCUT2D eigenvalue weighted by atomic mass is 35.5. The number of hydrogen-bond acceptors (Lipinski definition) is 4. The minimum Gasteiger partial charge on any atom is -0.326 e. The number of benzene rings is 2. The van der Waals surface area contributed by atoms with Crippen LogP contribution in [0.2, 0.25) is 5.02 Å². The van der Waals surface area contributed by atoms with Crippen LogP contribution in [0.3, 0.4) is 0 Å². The van der Waals surface area contributed by atoms with Gasteiger partial charge in [0.1, 0.15) is 0 Å². The molecule has 2 amide bonds. The van der Waals surface area contributed by atoms with Gasteiger partial charge in [-0.3, -0.25) is 9.59 Å². The first-order chi connectivity index (χ1) is 12.7. The average molecular weight is 407 g/mol. The Hall–Kier alpha value is -2.38. The summed E-state index contributed by atoms with van der Waals surface area (Å²) in [6.07, 6.45) is 0.00786. The van der Waals surface area contributed by atoms with Crippen LogP contribution >= 0.6 is 11.6 Å². The van der Waals surface area contributed by atoms with Gasteiger partial charge in [-0.05, 0) is 48.4 Å². The molecule has 3 rings (SSSR count). The van der Waals surface area contributed by atoms with E-state index in [2.05, 4.69) is 5.32 Å². The van der Waals surface area contributed by atoms with Crippen LogP contribution in [0.15, 0.2) is 41.3 Å². The number of carbonyl (C=O) groups is 2. The van der Waals surface area contributed by atoms with Crippen molar-refractivity contribution >= 4 is 44.6 Å². The number of likely N-dealkylation sites (N-methyl/N-ethyl adjacent to an activating group) is 1. The van der Waals surface area contributed by atoms with Crippen LogP contribution in [-0.4, -0.2) is 33.0 Å². The van der Waals surface area contributed by atoms with E-state index in [4.69, 9.17) is 11.6 Å². The third-order valence-corrected chi connectivity index (χ3v) is 6.75. The molecule has 0 bridgehead atoms. The molecule has 2 aromatic rings. The van der Waals surface area contributed by atoms with Gasteiger partial charge in [-0.1, -0.05) is 17.7 Å². The van der Waals surface area contributed by atoms with Crippen molar-refractivity contribution in [3.8, 4) is 0 Å². The number of amides is 2. The molecule has 2 aromatic carbocycles. The molecule has 142 valence electrons. The van der Waals surface area contributed by atoms with Crippen molar-refractivity contribution in [2.24, 2.45) is 0 Å². The van der Waals surface area contributed by atoms with E-state index in [9.17, 15) is 18.0 Å². The van der Waals surface area contributed by atoms with Gasteiger partial charge in [0.05, 0.1) is 17.1 Å². The van der Waals surface area contributed by atoms with E-state index in [1.807, 2.05) is 0 Å². The zero-order chi connectivity index (χ0) is 19.8. The quantitative estimate of drug-likeness (QED) is 0.827. The summed E-state index contributed by atoms with van der Waals surface area (Å²) in [5.41, 5.74) is 2.68. The molecule has 0 saturated heterocycles. The first-order valence-electron chi connectivity index (χ1n) is 8.36. The first-order valence-corrected chi connectivity index (χ1v) is 10.4. The van der Waals surface area contributed by atoms with Gasteiger partial charge in [-0.15, -0.1) is 0 Å². The molecule has 1 aliphatic heterocycles. The van der Waals surface area contributed by atoms with Crippen LogP contribution in [0, 0.1) is 6.92 Å². The monoisotopic (exact) mass is 406 g/mol. The Kier molecular flexibility index (Phi) is 5.26. The van der Waals surface area contributed by atoms with Crippen LogP contribution in [-0.2, 0) is 25.8 Å². The van der Waals surface area contributed by atoms with Gasteiger partial charge in [-0.25, -0.2) is 8.42 Å². The molecule has 0 unspecified atom stereocenters. The summed E-state index contributed by atoms with van der Waals surface area (Å²) in [4.78, 5) is 25.5. The lowest BCUT2D eigenvalue weighted by Crippen LogP contribution is -2.20. The number of nitrogens with zero attached hydrogens (tertiary/aromatic N) is 1. The van der Waals surface area contributed by atoms with Crippen molar-refractivity contribution in [2.45, 2.75) is 24.7 Å². The lowest BCUT2D eigenvalue weighted by molar-refractivity contribution is -0.117. The minimum absolute atomic E-state index is 0.0733. The van der Waals surface area contributed by atoms with E-state index in [0.29, 0.717) is 22.0 Å². The molecule has 1 aliphatic rings. The highest BCUT2D eigenvalue weighted by Crippen LogP contribution is 2.30. The first kappa shape index (κ1) is 19.4. The van der Waals surface area contributed by atoms with E-state index >= 15 is 0 Å². The third-order valence-electron chi connectivity index (χ3n) is 4.63. The van der Waals surface area contributed by atoms with E-state index < -0.39 is 15.7 Å². The van der Waals surface area contributed by atoms with Crippen molar-refractivity contribution in [3.05, 3.63) is 52.5 Å². The van der Waals surface area contributed by atoms with Crippen molar-refractivity contribution in [3.63, 3.8) is 0 Å². The summed E-state index contributed by atoms with van der Waals surface area (Å²) < 4.78 is 25.1. The molecule has 0 radical (unpaired) electrons. The molecule has 8 heteroatoms. The maximum absolute atomic E-state index is 12.6. The van der Waals surface area contributed by atoms with Crippen LogP contribution in [0.25, 0.3) is 0 Å². The van der Waals surface area contributed by atoms with Crippen molar-refractivity contribution < 1.29 is 18.0 Å². The summed E-state index contributed by atoms with van der Waals surface area (Å²) in [6, 6.07) is 9.76. The number of rotatable bonds is 5. The smallest absolute Gasteiger partial charge is 0.231 e. The lowest BCUT2D eigenvalue weighted by Gasteiger charge is -2.11. The van der Waals surface area contributed by atoms with E-state index in [1.54, 1.807) is 38.2 Å². The number of sulfone groups is 1. The molecule has 1 heterocycles.